The van der Waals surface area contributed by atoms with Crippen molar-refractivity contribution >= 4 is 17.5 Å². The number of hydrogen-bond donors (Lipinski definition) is 2. The molecule has 0 spiro atoms. The van der Waals surface area contributed by atoms with Crippen molar-refractivity contribution in [2.75, 3.05) is 19.8 Å². The number of aliphatic hydroxyl groups is 1. The van der Waals surface area contributed by atoms with Crippen LogP contribution in [0, 0.1) is 0 Å². The Morgan fingerprint density at radius 3 is 2.49 bits per heavy atom. The summed E-state index contributed by atoms with van der Waals surface area (Å²) in [6.45, 7) is 4.13. The summed E-state index contributed by atoms with van der Waals surface area (Å²) < 4.78 is 5.86. The minimum absolute atomic E-state index is 0.00895. The second-order valence-electron chi connectivity index (χ2n) is 10.4. The van der Waals surface area contributed by atoms with Gasteiger partial charge in [-0.2, -0.15) is 0 Å². The van der Waals surface area contributed by atoms with Crippen LogP contribution in [-0.4, -0.2) is 45.6 Å². The molecule has 1 saturated carbocycles. The van der Waals surface area contributed by atoms with E-state index in [4.69, 9.17) is 21.3 Å². The van der Waals surface area contributed by atoms with Crippen molar-refractivity contribution in [1.82, 2.24) is 14.9 Å². The van der Waals surface area contributed by atoms with Crippen LogP contribution in [0.2, 0.25) is 5.02 Å². The summed E-state index contributed by atoms with van der Waals surface area (Å²) in [5.41, 5.74) is 1.41. The summed E-state index contributed by atoms with van der Waals surface area (Å²) in [4.78, 5) is 36.7. The molecule has 1 amide bonds. The van der Waals surface area contributed by atoms with E-state index in [0.29, 0.717) is 23.9 Å². The molecule has 1 atom stereocenters. The Morgan fingerprint density at radius 2 is 1.85 bits per heavy atom. The summed E-state index contributed by atoms with van der Waals surface area (Å²) in [5, 5.41) is 10.5. The molecule has 8 heteroatoms. The normalized spacial score (nSPS) is 15.2. The number of aliphatic hydroxyl groups excluding tert-OH is 1. The van der Waals surface area contributed by atoms with Gasteiger partial charge in [0.2, 0.25) is 5.75 Å². The predicted molar refractivity (Wildman–Crippen MR) is 154 cm³/mol. The molecule has 1 aliphatic carbocycles. The second-order valence-corrected chi connectivity index (χ2v) is 10.8. The van der Waals surface area contributed by atoms with E-state index in [-0.39, 0.29) is 36.1 Å². The van der Waals surface area contributed by atoms with Gasteiger partial charge in [0.15, 0.2) is 5.69 Å². The molecule has 39 heavy (non-hydrogen) atoms. The van der Waals surface area contributed by atoms with Gasteiger partial charge in [0.25, 0.3) is 11.5 Å². The first-order valence-corrected chi connectivity index (χ1v) is 14.2. The number of carbonyl (C=O) groups is 1. The highest BCUT2D eigenvalue weighted by Crippen LogP contribution is 2.43. The monoisotopic (exact) mass is 551 g/mol. The van der Waals surface area contributed by atoms with Gasteiger partial charge in [-0.3, -0.25) is 9.59 Å². The summed E-state index contributed by atoms with van der Waals surface area (Å²) in [6, 6.07) is 17.2. The topological polar surface area (TPSA) is 95.5 Å². The maximum absolute atomic E-state index is 14.0. The zero-order chi connectivity index (χ0) is 27.8. The van der Waals surface area contributed by atoms with Crippen LogP contribution in [0.5, 0.6) is 5.75 Å². The summed E-state index contributed by atoms with van der Waals surface area (Å²) in [7, 11) is 0. The first-order chi connectivity index (χ1) is 18.9. The molecule has 208 valence electrons. The van der Waals surface area contributed by atoms with E-state index in [0.717, 1.165) is 49.7 Å². The van der Waals surface area contributed by atoms with Crippen LogP contribution in [0.25, 0.3) is 0 Å². The molecular formula is C31H38ClN3O4. The largest absolute Gasteiger partial charge is 0.486 e. The maximum Gasteiger partial charge on any atom is 0.294 e. The maximum atomic E-state index is 14.0. The number of halogens is 1. The number of ether oxygens (including phenoxy) is 1. The van der Waals surface area contributed by atoms with Crippen LogP contribution in [0.1, 0.15) is 85.9 Å². The highest BCUT2D eigenvalue weighted by molar-refractivity contribution is 6.30. The smallest absolute Gasteiger partial charge is 0.294 e. The van der Waals surface area contributed by atoms with Crippen LogP contribution < -0.4 is 10.3 Å². The van der Waals surface area contributed by atoms with Gasteiger partial charge >= 0.3 is 0 Å². The molecule has 0 radical (unpaired) electrons. The summed E-state index contributed by atoms with van der Waals surface area (Å²) in [6.07, 6.45) is 6.20. The number of aromatic nitrogens is 2. The van der Waals surface area contributed by atoms with E-state index in [1.165, 1.54) is 0 Å². The van der Waals surface area contributed by atoms with Gasteiger partial charge in [0.05, 0.1) is 19.3 Å². The van der Waals surface area contributed by atoms with E-state index in [1.807, 2.05) is 68.4 Å². The number of benzene rings is 2. The van der Waals surface area contributed by atoms with Gasteiger partial charge in [-0.15, -0.1) is 0 Å². The number of H-pyrrole nitrogens is 1. The van der Waals surface area contributed by atoms with Crippen molar-refractivity contribution in [3.8, 4) is 5.75 Å². The average Bonchev–Trinajstić information content (AvgIpc) is 3.42. The standard InChI is InChI=1S/C31H38ClN3O4/c1-3-4-20-39-28-27(30(38)35(18-19-36)22(2)23-10-6-5-7-11-23)33-26(34-29(28)37)21-31(16-8-9-17-31)24-12-14-25(32)15-13-24/h5-7,10-15,22,36H,3-4,8-9,16-21H2,1-2H3,(H,33,34,37). The fourth-order valence-electron chi connectivity index (χ4n) is 5.56. The Kier molecular flexibility index (Phi) is 9.81. The fraction of sp³-hybridized carbons (Fsp3) is 0.452. The van der Waals surface area contributed by atoms with E-state index in [2.05, 4.69) is 4.98 Å². The van der Waals surface area contributed by atoms with Gasteiger partial charge in [0.1, 0.15) is 5.82 Å². The zero-order valence-electron chi connectivity index (χ0n) is 22.8. The molecular weight excluding hydrogens is 514 g/mol. The Hall–Kier alpha value is -3.16. The van der Waals surface area contributed by atoms with E-state index in [1.54, 1.807) is 4.90 Å². The van der Waals surface area contributed by atoms with E-state index in [9.17, 15) is 14.7 Å². The van der Waals surface area contributed by atoms with Crippen molar-refractivity contribution in [3.05, 3.63) is 92.6 Å². The van der Waals surface area contributed by atoms with Gasteiger partial charge in [0, 0.05) is 23.4 Å². The van der Waals surface area contributed by atoms with Crippen molar-refractivity contribution in [1.29, 1.82) is 0 Å². The Morgan fingerprint density at radius 1 is 1.15 bits per heavy atom. The SMILES string of the molecule is CCCCOc1c(C(=O)N(CCO)C(C)c2ccccc2)nc(CC2(c3ccc(Cl)cc3)CCCC2)[nH]c1=O. The van der Waals surface area contributed by atoms with Gasteiger partial charge in [-0.05, 0) is 49.4 Å². The second kappa shape index (κ2) is 13.3. The first-order valence-electron chi connectivity index (χ1n) is 13.9. The van der Waals surface area contributed by atoms with Crippen molar-refractivity contribution in [2.24, 2.45) is 0 Å². The number of rotatable bonds is 12. The number of nitrogens with one attached hydrogen (secondary N) is 1. The third-order valence-corrected chi connectivity index (χ3v) is 8.00. The van der Waals surface area contributed by atoms with Gasteiger partial charge in [-0.1, -0.05) is 80.3 Å². The minimum atomic E-state index is -0.458. The Labute approximate surface area is 235 Å². The number of carbonyl (C=O) groups excluding carboxylic acids is 1. The zero-order valence-corrected chi connectivity index (χ0v) is 23.5. The molecule has 1 unspecified atom stereocenters. The highest BCUT2D eigenvalue weighted by atomic mass is 35.5. The minimum Gasteiger partial charge on any atom is -0.486 e. The van der Waals surface area contributed by atoms with Crippen LogP contribution in [0.4, 0.5) is 0 Å². The Bertz CT molecular complexity index is 1290. The molecule has 0 bridgehead atoms. The average molecular weight is 552 g/mol. The lowest BCUT2D eigenvalue weighted by molar-refractivity contribution is 0.0636. The van der Waals surface area contributed by atoms with Crippen LogP contribution in [0.15, 0.2) is 59.4 Å². The third kappa shape index (κ3) is 6.71. The number of nitrogens with zero attached hydrogens (tertiary/aromatic N) is 2. The number of aromatic amines is 1. The molecule has 4 rings (SSSR count). The lowest BCUT2D eigenvalue weighted by Crippen LogP contribution is -2.38. The predicted octanol–water partition coefficient (Wildman–Crippen LogP) is 5.85. The molecule has 7 nitrogen and oxygen atoms in total. The van der Waals surface area contributed by atoms with Crippen LogP contribution in [0.3, 0.4) is 0 Å². The lowest BCUT2D eigenvalue weighted by atomic mass is 9.76. The van der Waals surface area contributed by atoms with Crippen LogP contribution >= 0.6 is 11.6 Å². The lowest BCUT2D eigenvalue weighted by Gasteiger charge is -2.31. The van der Waals surface area contributed by atoms with Crippen LogP contribution in [-0.2, 0) is 11.8 Å². The molecule has 2 aromatic carbocycles. The van der Waals surface area contributed by atoms with Gasteiger partial charge < -0.3 is 19.7 Å². The summed E-state index contributed by atoms with van der Waals surface area (Å²) >= 11 is 6.16. The Balaban J connectivity index is 1.75. The molecule has 1 aromatic heterocycles. The molecule has 3 aromatic rings. The van der Waals surface area contributed by atoms with E-state index >= 15 is 0 Å². The molecule has 1 aliphatic rings. The molecule has 0 aliphatic heterocycles. The van der Waals surface area contributed by atoms with E-state index < -0.39 is 11.5 Å². The molecule has 1 heterocycles. The van der Waals surface area contributed by atoms with Crippen molar-refractivity contribution in [3.63, 3.8) is 0 Å². The number of amides is 1. The molecule has 2 N–H and O–H groups in total. The number of hydrogen-bond acceptors (Lipinski definition) is 5. The number of unbranched alkanes of at least 4 members (excludes halogenated alkanes) is 1. The van der Waals surface area contributed by atoms with Crippen molar-refractivity contribution < 1.29 is 14.6 Å². The first kappa shape index (κ1) is 28.8. The molecule has 1 fully saturated rings. The third-order valence-electron chi connectivity index (χ3n) is 7.75. The fourth-order valence-corrected chi connectivity index (χ4v) is 5.69. The van der Waals surface area contributed by atoms with Gasteiger partial charge in [-0.25, -0.2) is 4.98 Å². The quantitative estimate of drug-likeness (QED) is 0.275. The molecule has 0 saturated heterocycles. The highest BCUT2D eigenvalue weighted by Gasteiger charge is 2.37. The summed E-state index contributed by atoms with van der Waals surface area (Å²) in [5.74, 6) is -0.0436. The van der Waals surface area contributed by atoms with Crippen molar-refractivity contribution in [2.45, 2.75) is 70.3 Å².